The zero-order valence-corrected chi connectivity index (χ0v) is 18.4. The second-order valence-corrected chi connectivity index (χ2v) is 7.42. The third-order valence-corrected chi connectivity index (χ3v) is 5.18. The molecule has 2 aromatic heterocycles. The minimum atomic E-state index is -0.451. The van der Waals surface area contributed by atoms with Crippen molar-refractivity contribution in [3.8, 4) is 17.0 Å². The van der Waals surface area contributed by atoms with Crippen molar-refractivity contribution < 1.29 is 14.7 Å². The summed E-state index contributed by atoms with van der Waals surface area (Å²) in [5, 5.41) is 13.5. The maximum Gasteiger partial charge on any atom is 0.285 e. The van der Waals surface area contributed by atoms with Gasteiger partial charge in [-0.25, -0.2) is 4.98 Å². The predicted molar refractivity (Wildman–Crippen MR) is 124 cm³/mol. The average molecular weight is 473 g/mol. The molecule has 0 unspecified atom stereocenters. The first-order valence-corrected chi connectivity index (χ1v) is 10.3. The topological polar surface area (TPSA) is 98.5 Å². The Morgan fingerprint density at radius 3 is 2.53 bits per heavy atom. The Bertz CT molecular complexity index is 1320. The number of ether oxygens (including phenoxy) is 1. The molecule has 0 saturated carbocycles. The molecule has 2 N–H and O–H groups in total. The number of nitrogens with zero attached hydrogens (tertiary/aromatic N) is 3. The Labute approximate surface area is 192 Å². The maximum atomic E-state index is 12.5. The smallest absolute Gasteiger partial charge is 0.285 e. The molecule has 0 aliphatic heterocycles. The van der Waals surface area contributed by atoms with Crippen LogP contribution >= 0.6 is 23.2 Å². The molecule has 0 aliphatic carbocycles. The van der Waals surface area contributed by atoms with Crippen LogP contribution in [0.15, 0.2) is 59.4 Å². The zero-order chi connectivity index (χ0) is 22.7. The number of hydrogen-bond donors (Lipinski definition) is 2. The highest BCUT2D eigenvalue weighted by Gasteiger charge is 2.19. The monoisotopic (exact) mass is 472 g/mol. The first-order valence-electron chi connectivity index (χ1n) is 9.55. The number of fused-ring (bicyclic) bond motifs is 1. The number of pyridine rings is 1. The lowest BCUT2D eigenvalue weighted by Gasteiger charge is -2.15. The quantitative estimate of drug-likeness (QED) is 0.420. The normalized spacial score (nSPS) is 10.9. The second-order valence-electron chi connectivity index (χ2n) is 6.61. The lowest BCUT2D eigenvalue weighted by Crippen LogP contribution is -2.29. The molecule has 2 heterocycles. The van der Waals surface area contributed by atoms with Gasteiger partial charge in [0.1, 0.15) is 12.4 Å². The van der Waals surface area contributed by atoms with Crippen molar-refractivity contribution in [1.82, 2.24) is 14.7 Å². The summed E-state index contributed by atoms with van der Waals surface area (Å²) in [6.45, 7) is -0.365. The largest absolute Gasteiger partial charge is 0.497 e. The van der Waals surface area contributed by atoms with E-state index < -0.39 is 5.56 Å². The summed E-state index contributed by atoms with van der Waals surface area (Å²) in [6, 6.07) is 15.2. The Balaban J connectivity index is 1.97. The number of methoxy groups -OCH3 is 1. The first kappa shape index (κ1) is 21.9. The summed E-state index contributed by atoms with van der Waals surface area (Å²) in [5.41, 5.74) is 1.31. The van der Waals surface area contributed by atoms with E-state index in [4.69, 9.17) is 37.9 Å². The molecular weight excluding hydrogens is 455 g/mol. The molecular formula is C22H18Cl2N4O4. The van der Waals surface area contributed by atoms with Gasteiger partial charge < -0.3 is 20.0 Å². The number of rotatable bonds is 7. The van der Waals surface area contributed by atoms with Gasteiger partial charge in [0.15, 0.2) is 5.65 Å². The fourth-order valence-electron chi connectivity index (χ4n) is 3.15. The van der Waals surface area contributed by atoms with Crippen LogP contribution in [0.3, 0.4) is 0 Å². The standard InChI is InChI=1S/C22H18Cl2N4O4/c1-31-14-5-2-4-13(12-14)25-22-26-20(19-16(23)6-3-7-17(19)24)15-8-9-18(30)28(21(15)27-22)32-11-10-29/h2-9,12,29H,10-11H2,1H3,(H,25,26,27). The highest BCUT2D eigenvalue weighted by atomic mass is 35.5. The molecule has 164 valence electrons. The summed E-state index contributed by atoms with van der Waals surface area (Å²) in [4.78, 5) is 27.1. The Hall–Kier alpha value is -3.33. The molecule has 0 bridgehead atoms. The van der Waals surface area contributed by atoms with Crippen molar-refractivity contribution in [3.05, 3.63) is 75.0 Å². The Morgan fingerprint density at radius 1 is 1.06 bits per heavy atom. The van der Waals surface area contributed by atoms with Crippen molar-refractivity contribution in [3.63, 3.8) is 0 Å². The van der Waals surface area contributed by atoms with Gasteiger partial charge in [-0.15, -0.1) is 4.73 Å². The van der Waals surface area contributed by atoms with E-state index in [1.165, 1.54) is 6.07 Å². The third-order valence-electron chi connectivity index (χ3n) is 4.55. The van der Waals surface area contributed by atoms with Gasteiger partial charge in [-0.2, -0.15) is 4.98 Å². The lowest BCUT2D eigenvalue weighted by atomic mass is 10.1. The van der Waals surface area contributed by atoms with E-state index in [-0.39, 0.29) is 24.8 Å². The van der Waals surface area contributed by atoms with E-state index in [2.05, 4.69) is 15.3 Å². The van der Waals surface area contributed by atoms with Gasteiger partial charge in [-0.05, 0) is 30.3 Å². The number of benzene rings is 2. The Kier molecular flexibility index (Phi) is 6.45. The van der Waals surface area contributed by atoms with Gasteiger partial charge in [-0.3, -0.25) is 4.79 Å². The molecule has 0 amide bonds. The Morgan fingerprint density at radius 2 is 1.81 bits per heavy atom. The number of aliphatic hydroxyl groups is 1. The van der Waals surface area contributed by atoms with Crippen molar-refractivity contribution in [1.29, 1.82) is 0 Å². The van der Waals surface area contributed by atoms with Crippen LogP contribution in [0.2, 0.25) is 10.0 Å². The van der Waals surface area contributed by atoms with E-state index in [9.17, 15) is 4.79 Å². The molecule has 10 heteroatoms. The number of halogens is 2. The van der Waals surface area contributed by atoms with Crippen molar-refractivity contribution in [2.45, 2.75) is 0 Å². The van der Waals surface area contributed by atoms with E-state index in [0.29, 0.717) is 38.1 Å². The molecule has 4 rings (SSSR count). The number of nitrogens with one attached hydrogen (secondary N) is 1. The summed E-state index contributed by atoms with van der Waals surface area (Å²) < 4.78 is 6.27. The van der Waals surface area contributed by atoms with Crippen molar-refractivity contribution in [2.75, 3.05) is 25.6 Å². The summed E-state index contributed by atoms with van der Waals surface area (Å²) >= 11 is 12.9. The first-order chi connectivity index (χ1) is 15.5. The number of aromatic nitrogens is 3. The molecule has 2 aromatic carbocycles. The molecule has 4 aromatic rings. The van der Waals surface area contributed by atoms with Crippen LogP contribution in [0.1, 0.15) is 0 Å². The zero-order valence-electron chi connectivity index (χ0n) is 16.9. The fourth-order valence-corrected chi connectivity index (χ4v) is 3.73. The maximum absolute atomic E-state index is 12.5. The molecule has 0 saturated heterocycles. The molecule has 32 heavy (non-hydrogen) atoms. The van der Waals surface area contributed by atoms with Crippen LogP contribution in [0.4, 0.5) is 11.6 Å². The summed E-state index contributed by atoms with van der Waals surface area (Å²) in [6.07, 6.45) is 0. The number of anilines is 2. The van der Waals surface area contributed by atoms with Crippen LogP contribution in [0.5, 0.6) is 5.75 Å². The number of hydrogen-bond acceptors (Lipinski definition) is 7. The highest BCUT2D eigenvalue weighted by Crippen LogP contribution is 2.37. The van der Waals surface area contributed by atoms with Crippen LogP contribution in [-0.4, -0.2) is 40.1 Å². The molecule has 0 aliphatic rings. The van der Waals surface area contributed by atoms with Gasteiger partial charge in [0.2, 0.25) is 5.95 Å². The highest BCUT2D eigenvalue weighted by molar-refractivity contribution is 6.39. The van der Waals surface area contributed by atoms with E-state index in [1.807, 2.05) is 18.2 Å². The molecule has 0 radical (unpaired) electrons. The van der Waals surface area contributed by atoms with Gasteiger partial charge in [0.25, 0.3) is 5.56 Å². The molecule has 0 spiro atoms. The predicted octanol–water partition coefficient (Wildman–Crippen LogP) is 3.94. The fraction of sp³-hybridized carbons (Fsp3) is 0.136. The van der Waals surface area contributed by atoms with Crippen LogP contribution in [0, 0.1) is 0 Å². The van der Waals surface area contributed by atoms with Gasteiger partial charge in [0.05, 0.1) is 29.5 Å². The summed E-state index contributed by atoms with van der Waals surface area (Å²) in [7, 11) is 1.57. The average Bonchev–Trinajstić information content (AvgIpc) is 2.78. The van der Waals surface area contributed by atoms with Crippen molar-refractivity contribution >= 4 is 45.9 Å². The number of aliphatic hydroxyl groups excluding tert-OH is 1. The minimum Gasteiger partial charge on any atom is -0.497 e. The van der Waals surface area contributed by atoms with Gasteiger partial charge >= 0.3 is 0 Å². The lowest BCUT2D eigenvalue weighted by molar-refractivity contribution is 0.0761. The minimum absolute atomic E-state index is 0.0934. The molecule has 0 fully saturated rings. The van der Waals surface area contributed by atoms with E-state index >= 15 is 0 Å². The van der Waals surface area contributed by atoms with Crippen molar-refractivity contribution in [2.24, 2.45) is 0 Å². The van der Waals surface area contributed by atoms with Gasteiger partial charge in [-0.1, -0.05) is 35.3 Å². The van der Waals surface area contributed by atoms with Crippen LogP contribution in [-0.2, 0) is 0 Å². The van der Waals surface area contributed by atoms with Gasteiger partial charge in [0, 0.05) is 28.8 Å². The second kappa shape index (κ2) is 9.44. The SMILES string of the molecule is COc1cccc(Nc2nc(-c3c(Cl)cccc3Cl)c3ccc(=O)n(OCCO)c3n2)c1. The molecule has 0 atom stereocenters. The summed E-state index contributed by atoms with van der Waals surface area (Å²) in [5.74, 6) is 0.831. The molecule has 8 nitrogen and oxygen atoms in total. The van der Waals surface area contributed by atoms with E-state index in [1.54, 1.807) is 37.4 Å². The third kappa shape index (κ3) is 4.34. The van der Waals surface area contributed by atoms with Crippen LogP contribution < -0.4 is 20.5 Å². The van der Waals surface area contributed by atoms with E-state index in [0.717, 1.165) is 4.73 Å². The van der Waals surface area contributed by atoms with Crippen LogP contribution in [0.25, 0.3) is 22.3 Å².